The number of rotatable bonds is 4. The number of carbonyl (C=O) groups is 1. The number of benzene rings is 1. The number of aryl methyl sites for hydroxylation is 1. The van der Waals surface area contributed by atoms with E-state index in [1.807, 2.05) is 24.3 Å². The Kier molecular flexibility index (Phi) is 5.36. The van der Waals surface area contributed by atoms with E-state index in [0.717, 1.165) is 43.6 Å². The third-order valence-electron chi connectivity index (χ3n) is 5.34. The largest absolute Gasteiger partial charge is 0.366 e. The van der Waals surface area contributed by atoms with Gasteiger partial charge in [-0.1, -0.05) is 30.3 Å². The van der Waals surface area contributed by atoms with Gasteiger partial charge in [0.05, 0.1) is 12.6 Å². The summed E-state index contributed by atoms with van der Waals surface area (Å²) in [5.41, 5.74) is 3.11. The van der Waals surface area contributed by atoms with Gasteiger partial charge in [0.1, 0.15) is 6.10 Å². The molecule has 27 heavy (non-hydrogen) atoms. The number of carbonyl (C=O) groups excluding carboxylic acids is 1. The van der Waals surface area contributed by atoms with Gasteiger partial charge in [0, 0.05) is 31.4 Å². The summed E-state index contributed by atoms with van der Waals surface area (Å²) in [6.45, 7) is 2.79. The average Bonchev–Trinajstić information content (AvgIpc) is 2.69. The summed E-state index contributed by atoms with van der Waals surface area (Å²) in [5, 5.41) is 3.14. The molecule has 0 bridgehead atoms. The second-order valence-electron chi connectivity index (χ2n) is 7.29. The maximum atomic E-state index is 12.8. The Bertz CT molecular complexity index is 849. The third kappa shape index (κ3) is 4.28. The van der Waals surface area contributed by atoms with Crippen molar-refractivity contribution in [2.45, 2.75) is 38.0 Å². The number of morpholine rings is 1. The number of amides is 1. The Hall–Kier alpha value is -2.44. The zero-order valence-corrected chi connectivity index (χ0v) is 15.3. The minimum Gasteiger partial charge on any atom is -0.366 e. The summed E-state index contributed by atoms with van der Waals surface area (Å²) < 4.78 is 5.74. The quantitative estimate of drug-likeness (QED) is 0.864. The minimum absolute atomic E-state index is 0.0637. The number of aromatic nitrogens is 1. The molecule has 2 aromatic rings. The lowest BCUT2D eigenvalue weighted by Gasteiger charge is -2.34. The van der Waals surface area contributed by atoms with Crippen molar-refractivity contribution in [3.05, 3.63) is 69.6 Å². The molecule has 142 valence electrons. The van der Waals surface area contributed by atoms with Crippen LogP contribution in [0.3, 0.4) is 0 Å². The van der Waals surface area contributed by atoms with E-state index in [1.165, 1.54) is 11.6 Å². The lowest BCUT2D eigenvalue weighted by Crippen LogP contribution is -2.50. The van der Waals surface area contributed by atoms with Crippen LogP contribution in [-0.2, 0) is 22.5 Å². The summed E-state index contributed by atoms with van der Waals surface area (Å²) in [4.78, 5) is 29.5. The van der Waals surface area contributed by atoms with Crippen molar-refractivity contribution in [3.63, 3.8) is 0 Å². The smallest absolute Gasteiger partial charge is 0.250 e. The molecule has 0 spiro atoms. The molecule has 0 saturated carbocycles. The number of hydrogen-bond donors (Lipinski definition) is 2. The number of nitrogens with zero attached hydrogens (tertiary/aromatic N) is 1. The Balaban J connectivity index is 1.39. The number of aromatic amines is 1. The molecule has 2 heterocycles. The van der Waals surface area contributed by atoms with E-state index in [4.69, 9.17) is 4.74 Å². The number of ether oxygens (including phenoxy) is 1. The summed E-state index contributed by atoms with van der Waals surface area (Å²) >= 11 is 0. The minimum atomic E-state index is -0.462. The number of fused-ring (bicyclic) bond motifs is 1. The van der Waals surface area contributed by atoms with E-state index < -0.39 is 6.10 Å². The predicted molar refractivity (Wildman–Crippen MR) is 102 cm³/mol. The van der Waals surface area contributed by atoms with Crippen molar-refractivity contribution in [1.82, 2.24) is 15.2 Å². The molecule has 6 heteroatoms. The number of hydrogen-bond acceptors (Lipinski definition) is 4. The first kappa shape index (κ1) is 17.9. The first-order chi connectivity index (χ1) is 13.2. The molecule has 6 nitrogen and oxygen atoms in total. The van der Waals surface area contributed by atoms with E-state index >= 15 is 0 Å². The summed E-state index contributed by atoms with van der Waals surface area (Å²) in [6.07, 6.45) is 2.22. The molecule has 1 aromatic carbocycles. The van der Waals surface area contributed by atoms with Gasteiger partial charge in [-0.2, -0.15) is 0 Å². The number of nitrogens with one attached hydrogen (secondary N) is 2. The van der Waals surface area contributed by atoms with Gasteiger partial charge in [-0.25, -0.2) is 0 Å². The fourth-order valence-electron chi connectivity index (χ4n) is 3.96. The van der Waals surface area contributed by atoms with E-state index in [-0.39, 0.29) is 17.5 Å². The number of H-pyrrole nitrogens is 1. The topological polar surface area (TPSA) is 74.4 Å². The van der Waals surface area contributed by atoms with E-state index in [1.54, 1.807) is 0 Å². The van der Waals surface area contributed by atoms with Crippen molar-refractivity contribution in [1.29, 1.82) is 0 Å². The van der Waals surface area contributed by atoms with E-state index in [2.05, 4.69) is 27.3 Å². The lowest BCUT2D eigenvalue weighted by atomic mass is 9.91. The van der Waals surface area contributed by atoms with Crippen LogP contribution >= 0.6 is 0 Å². The Labute approximate surface area is 158 Å². The Morgan fingerprint density at radius 2 is 2.07 bits per heavy atom. The molecule has 2 atom stereocenters. The van der Waals surface area contributed by atoms with Crippen LogP contribution in [0.15, 0.2) is 47.3 Å². The molecule has 1 saturated heterocycles. The molecule has 2 N–H and O–H groups in total. The van der Waals surface area contributed by atoms with Crippen LogP contribution in [0.25, 0.3) is 0 Å². The van der Waals surface area contributed by atoms with Crippen LogP contribution in [0.1, 0.15) is 35.7 Å². The third-order valence-corrected chi connectivity index (χ3v) is 5.34. The van der Waals surface area contributed by atoms with Crippen molar-refractivity contribution >= 4 is 5.91 Å². The highest BCUT2D eigenvalue weighted by atomic mass is 16.5. The second kappa shape index (κ2) is 8.06. The molecule has 2 unspecified atom stereocenters. The van der Waals surface area contributed by atoms with Crippen LogP contribution in [0, 0.1) is 0 Å². The summed E-state index contributed by atoms with van der Waals surface area (Å²) in [7, 11) is 0. The molecule has 1 aliphatic carbocycles. The Morgan fingerprint density at radius 3 is 2.93 bits per heavy atom. The monoisotopic (exact) mass is 367 g/mol. The standard InChI is InChI=1S/C21H25N3O3/c25-20-10-9-16-17(22-20)7-4-8-18(16)23-21(26)19-14-24(11-12-27-19)13-15-5-2-1-3-6-15/h1-3,5-6,9-10,18-19H,4,7-8,11-14H2,(H,22,25)(H,23,26). The van der Waals surface area contributed by atoms with Crippen molar-refractivity contribution in [2.24, 2.45) is 0 Å². The van der Waals surface area contributed by atoms with Crippen molar-refractivity contribution < 1.29 is 9.53 Å². The first-order valence-electron chi connectivity index (χ1n) is 9.59. The summed E-state index contributed by atoms with van der Waals surface area (Å²) in [6, 6.07) is 13.6. The van der Waals surface area contributed by atoms with Crippen molar-refractivity contribution in [2.75, 3.05) is 19.7 Å². The van der Waals surface area contributed by atoms with Gasteiger partial charge >= 0.3 is 0 Å². The van der Waals surface area contributed by atoms with Gasteiger partial charge in [0.2, 0.25) is 5.56 Å². The zero-order chi connectivity index (χ0) is 18.6. The SMILES string of the molecule is O=C(NC1CCCc2[nH]c(=O)ccc21)C1CN(Cc2ccccc2)CCO1. The molecule has 4 rings (SSSR count). The first-order valence-corrected chi connectivity index (χ1v) is 9.59. The molecule has 1 amide bonds. The molecule has 1 aliphatic heterocycles. The predicted octanol–water partition coefficient (Wildman–Crippen LogP) is 1.77. The lowest BCUT2D eigenvalue weighted by molar-refractivity contribution is -0.139. The molecular weight excluding hydrogens is 342 g/mol. The van der Waals surface area contributed by atoms with Crippen LogP contribution in [-0.4, -0.2) is 41.6 Å². The van der Waals surface area contributed by atoms with Crippen LogP contribution in [0.2, 0.25) is 0 Å². The van der Waals surface area contributed by atoms with Gasteiger partial charge in [-0.05, 0) is 36.5 Å². The van der Waals surface area contributed by atoms with Gasteiger partial charge in [-0.15, -0.1) is 0 Å². The Morgan fingerprint density at radius 1 is 1.22 bits per heavy atom. The summed E-state index contributed by atoms with van der Waals surface area (Å²) in [5.74, 6) is -0.0724. The van der Waals surface area contributed by atoms with Gasteiger partial charge in [0.25, 0.3) is 5.91 Å². The number of pyridine rings is 1. The highest BCUT2D eigenvalue weighted by Gasteiger charge is 2.30. The molecule has 1 aromatic heterocycles. The zero-order valence-electron chi connectivity index (χ0n) is 15.3. The maximum Gasteiger partial charge on any atom is 0.250 e. The van der Waals surface area contributed by atoms with Gasteiger partial charge < -0.3 is 15.0 Å². The second-order valence-corrected chi connectivity index (χ2v) is 7.29. The molecule has 1 fully saturated rings. The average molecular weight is 367 g/mol. The van der Waals surface area contributed by atoms with Crippen LogP contribution < -0.4 is 10.9 Å². The van der Waals surface area contributed by atoms with Crippen LogP contribution in [0.4, 0.5) is 0 Å². The normalized spacial score (nSPS) is 22.8. The fraction of sp³-hybridized carbons (Fsp3) is 0.429. The van der Waals surface area contributed by atoms with Gasteiger partial charge in [0.15, 0.2) is 0 Å². The fourth-order valence-corrected chi connectivity index (χ4v) is 3.96. The maximum absolute atomic E-state index is 12.8. The molecule has 2 aliphatic rings. The highest BCUT2D eigenvalue weighted by molar-refractivity contribution is 5.81. The molecule has 0 radical (unpaired) electrons. The van der Waals surface area contributed by atoms with Crippen molar-refractivity contribution in [3.8, 4) is 0 Å². The van der Waals surface area contributed by atoms with E-state index in [0.29, 0.717) is 13.2 Å². The van der Waals surface area contributed by atoms with Gasteiger partial charge in [-0.3, -0.25) is 14.5 Å². The van der Waals surface area contributed by atoms with E-state index in [9.17, 15) is 9.59 Å². The highest BCUT2D eigenvalue weighted by Crippen LogP contribution is 2.27. The molecular formula is C21H25N3O3. The van der Waals surface area contributed by atoms with Crippen LogP contribution in [0.5, 0.6) is 0 Å².